The number of ether oxygens (including phenoxy) is 1. The Labute approximate surface area is 107 Å². The number of nitrogens with one attached hydrogen (secondary N) is 1. The van der Waals surface area contributed by atoms with Crippen molar-refractivity contribution in [1.29, 1.82) is 0 Å². The zero-order valence-corrected chi connectivity index (χ0v) is 12.1. The molecule has 3 nitrogen and oxygen atoms in total. The Balaban J connectivity index is 2.32. The van der Waals surface area contributed by atoms with Crippen LogP contribution in [0.25, 0.3) is 0 Å². The van der Waals surface area contributed by atoms with E-state index in [1.54, 1.807) is 7.11 Å². The van der Waals surface area contributed by atoms with Gasteiger partial charge < -0.3 is 15.0 Å². The highest BCUT2D eigenvalue weighted by Gasteiger charge is 2.28. The molecule has 102 valence electrons. The Morgan fingerprint density at radius 1 is 1.29 bits per heavy atom. The van der Waals surface area contributed by atoms with Crippen LogP contribution in [0.2, 0.25) is 0 Å². The predicted molar refractivity (Wildman–Crippen MR) is 73.4 cm³/mol. The fourth-order valence-electron chi connectivity index (χ4n) is 2.61. The first-order valence-electron chi connectivity index (χ1n) is 7.08. The van der Waals surface area contributed by atoms with Crippen molar-refractivity contribution in [3.05, 3.63) is 0 Å². The highest BCUT2D eigenvalue weighted by atomic mass is 16.5. The summed E-state index contributed by atoms with van der Waals surface area (Å²) >= 11 is 0. The van der Waals surface area contributed by atoms with Crippen LogP contribution in [0.5, 0.6) is 0 Å². The molecule has 1 N–H and O–H groups in total. The van der Waals surface area contributed by atoms with E-state index in [0.29, 0.717) is 11.5 Å². The summed E-state index contributed by atoms with van der Waals surface area (Å²) in [6, 6.07) is 0.482. The van der Waals surface area contributed by atoms with Crippen molar-refractivity contribution in [2.75, 3.05) is 39.9 Å². The number of hydrogen-bond acceptors (Lipinski definition) is 3. The monoisotopic (exact) mass is 242 g/mol. The molecule has 0 saturated carbocycles. The summed E-state index contributed by atoms with van der Waals surface area (Å²) in [7, 11) is 1.79. The molecule has 1 saturated heterocycles. The lowest BCUT2D eigenvalue weighted by atomic mass is 9.78. The normalized spacial score (nSPS) is 22.6. The average molecular weight is 242 g/mol. The fraction of sp³-hybridized carbons (Fsp3) is 1.00. The standard InChI is InChI=1S/C14H30N2O/c1-5-14(3)7-9-16(10-8-14)11-13(12-17-4)15-6-2/h13,15H,5-12H2,1-4H3. The Hall–Kier alpha value is -0.120. The zero-order chi connectivity index (χ0) is 12.7. The lowest BCUT2D eigenvalue weighted by molar-refractivity contribution is 0.0870. The molecule has 1 unspecified atom stereocenters. The van der Waals surface area contributed by atoms with Crippen molar-refractivity contribution in [2.24, 2.45) is 5.41 Å². The van der Waals surface area contributed by atoms with Crippen LogP contribution in [-0.2, 0) is 4.74 Å². The van der Waals surface area contributed by atoms with E-state index in [1.165, 1.54) is 32.4 Å². The molecule has 0 amide bonds. The lowest BCUT2D eigenvalue weighted by Crippen LogP contribution is -2.47. The fourth-order valence-corrected chi connectivity index (χ4v) is 2.61. The van der Waals surface area contributed by atoms with Gasteiger partial charge >= 0.3 is 0 Å². The smallest absolute Gasteiger partial charge is 0.0628 e. The van der Waals surface area contributed by atoms with Gasteiger partial charge in [0, 0.05) is 19.7 Å². The molecule has 1 fully saturated rings. The minimum absolute atomic E-state index is 0.482. The number of likely N-dealkylation sites (tertiary alicyclic amines) is 1. The molecule has 3 heteroatoms. The number of rotatable bonds is 7. The number of nitrogens with zero attached hydrogens (tertiary/aromatic N) is 1. The van der Waals surface area contributed by atoms with Crippen molar-refractivity contribution in [3.8, 4) is 0 Å². The average Bonchev–Trinajstić information content (AvgIpc) is 2.33. The van der Waals surface area contributed by atoms with E-state index in [-0.39, 0.29) is 0 Å². The van der Waals surface area contributed by atoms with Crippen LogP contribution in [0.3, 0.4) is 0 Å². The molecule has 1 rings (SSSR count). The molecule has 0 aromatic heterocycles. The summed E-state index contributed by atoms with van der Waals surface area (Å²) in [6.07, 6.45) is 4.00. The number of likely N-dealkylation sites (N-methyl/N-ethyl adjacent to an activating group) is 1. The van der Waals surface area contributed by atoms with Crippen molar-refractivity contribution in [2.45, 2.75) is 46.1 Å². The van der Waals surface area contributed by atoms with Crippen LogP contribution in [-0.4, -0.2) is 50.8 Å². The molecule has 0 bridgehead atoms. The second kappa shape index (κ2) is 7.34. The molecule has 0 spiro atoms. The van der Waals surface area contributed by atoms with E-state index in [2.05, 4.69) is 31.0 Å². The van der Waals surface area contributed by atoms with Crippen molar-refractivity contribution >= 4 is 0 Å². The molecule has 1 aliphatic rings. The molecular weight excluding hydrogens is 212 g/mol. The molecule has 0 aliphatic carbocycles. The highest BCUT2D eigenvalue weighted by Crippen LogP contribution is 2.33. The molecule has 1 atom stereocenters. The minimum Gasteiger partial charge on any atom is -0.383 e. The largest absolute Gasteiger partial charge is 0.383 e. The first-order chi connectivity index (χ1) is 8.13. The molecule has 1 aliphatic heterocycles. The topological polar surface area (TPSA) is 24.5 Å². The van der Waals surface area contributed by atoms with E-state index < -0.39 is 0 Å². The maximum Gasteiger partial charge on any atom is 0.0628 e. The van der Waals surface area contributed by atoms with Crippen molar-refractivity contribution in [1.82, 2.24) is 10.2 Å². The quantitative estimate of drug-likeness (QED) is 0.740. The van der Waals surface area contributed by atoms with Gasteiger partial charge in [0.2, 0.25) is 0 Å². The van der Waals surface area contributed by atoms with Gasteiger partial charge in [-0.2, -0.15) is 0 Å². The van der Waals surface area contributed by atoms with E-state index >= 15 is 0 Å². The van der Waals surface area contributed by atoms with Crippen molar-refractivity contribution < 1.29 is 4.74 Å². The molecule has 1 heterocycles. The van der Waals surface area contributed by atoms with Gasteiger partial charge in [-0.25, -0.2) is 0 Å². The molecule has 0 aromatic carbocycles. The first kappa shape index (κ1) is 14.9. The van der Waals surface area contributed by atoms with Crippen LogP contribution < -0.4 is 5.32 Å². The van der Waals surface area contributed by atoms with Gasteiger partial charge in [0.05, 0.1) is 6.61 Å². The third kappa shape index (κ3) is 4.94. The Kier molecular flexibility index (Phi) is 6.45. The highest BCUT2D eigenvalue weighted by molar-refractivity contribution is 4.83. The molecule has 17 heavy (non-hydrogen) atoms. The summed E-state index contributed by atoms with van der Waals surface area (Å²) in [5.41, 5.74) is 0.589. The molecular formula is C14H30N2O. The summed E-state index contributed by atoms with van der Waals surface area (Å²) in [5.74, 6) is 0. The third-order valence-corrected chi connectivity index (χ3v) is 4.26. The minimum atomic E-state index is 0.482. The van der Waals surface area contributed by atoms with Crippen LogP contribution in [0.1, 0.15) is 40.0 Å². The summed E-state index contributed by atoms with van der Waals surface area (Å²) in [5, 5.41) is 3.50. The van der Waals surface area contributed by atoms with Gasteiger partial charge in [-0.1, -0.05) is 27.2 Å². The Morgan fingerprint density at radius 3 is 2.41 bits per heavy atom. The summed E-state index contributed by atoms with van der Waals surface area (Å²) in [6.45, 7) is 12.4. The first-order valence-corrected chi connectivity index (χ1v) is 7.08. The lowest BCUT2D eigenvalue weighted by Gasteiger charge is -2.40. The van der Waals surface area contributed by atoms with Gasteiger partial charge in [-0.05, 0) is 37.9 Å². The molecule has 0 aromatic rings. The maximum atomic E-state index is 5.27. The van der Waals surface area contributed by atoms with Gasteiger partial charge in [0.25, 0.3) is 0 Å². The van der Waals surface area contributed by atoms with E-state index in [0.717, 1.165) is 19.7 Å². The van der Waals surface area contributed by atoms with Crippen LogP contribution in [0, 0.1) is 5.41 Å². The van der Waals surface area contributed by atoms with Crippen LogP contribution in [0.15, 0.2) is 0 Å². The Bertz CT molecular complexity index is 194. The van der Waals surface area contributed by atoms with Gasteiger partial charge in [-0.3, -0.25) is 0 Å². The maximum absolute atomic E-state index is 5.27. The van der Waals surface area contributed by atoms with Crippen molar-refractivity contribution in [3.63, 3.8) is 0 Å². The van der Waals surface area contributed by atoms with E-state index in [1.807, 2.05) is 0 Å². The number of piperidine rings is 1. The van der Waals surface area contributed by atoms with E-state index in [9.17, 15) is 0 Å². The summed E-state index contributed by atoms with van der Waals surface area (Å²) < 4.78 is 5.27. The second-order valence-electron chi connectivity index (χ2n) is 5.67. The SMILES string of the molecule is CCNC(COC)CN1CCC(C)(CC)CC1. The van der Waals surface area contributed by atoms with Gasteiger partial charge in [0.1, 0.15) is 0 Å². The second-order valence-corrected chi connectivity index (χ2v) is 5.67. The van der Waals surface area contributed by atoms with Gasteiger partial charge in [-0.15, -0.1) is 0 Å². The van der Waals surface area contributed by atoms with E-state index in [4.69, 9.17) is 4.74 Å². The summed E-state index contributed by atoms with van der Waals surface area (Å²) in [4.78, 5) is 2.59. The Morgan fingerprint density at radius 2 is 1.94 bits per heavy atom. The van der Waals surface area contributed by atoms with Crippen LogP contribution in [0.4, 0.5) is 0 Å². The molecule has 0 radical (unpaired) electrons. The zero-order valence-electron chi connectivity index (χ0n) is 12.1. The van der Waals surface area contributed by atoms with Crippen LogP contribution >= 0.6 is 0 Å². The number of hydrogen-bond donors (Lipinski definition) is 1. The van der Waals surface area contributed by atoms with Gasteiger partial charge in [0.15, 0.2) is 0 Å². The predicted octanol–water partition coefficient (Wildman–Crippen LogP) is 2.12. The number of methoxy groups -OCH3 is 1. The third-order valence-electron chi connectivity index (χ3n) is 4.26.